The van der Waals surface area contributed by atoms with Gasteiger partial charge in [0, 0.05) is 12.3 Å². The maximum absolute atomic E-state index is 13.4. The Hall–Kier alpha value is -2.11. The van der Waals surface area contributed by atoms with Crippen molar-refractivity contribution in [3.05, 3.63) is 29.6 Å². The minimum Gasteiger partial charge on any atom is -0.494 e. The maximum Gasteiger partial charge on any atom is 0.241 e. The summed E-state index contributed by atoms with van der Waals surface area (Å²) in [5, 5.41) is 0. The highest BCUT2D eigenvalue weighted by Crippen LogP contribution is 2.28. The molecule has 1 fully saturated rings. The zero-order chi connectivity index (χ0) is 14.5. The Labute approximate surface area is 116 Å². The molecule has 1 aliphatic carbocycles. The van der Waals surface area contributed by atoms with Crippen LogP contribution >= 0.6 is 0 Å². The van der Waals surface area contributed by atoms with E-state index in [1.807, 2.05) is 0 Å². The molecule has 0 radical (unpaired) electrons. The van der Waals surface area contributed by atoms with Crippen molar-refractivity contribution < 1.29 is 18.7 Å². The fraction of sp³-hybridized carbons (Fsp3) is 0.429. The average Bonchev–Trinajstić information content (AvgIpc) is 3.27. The molecule has 0 spiro atoms. The predicted molar refractivity (Wildman–Crippen MR) is 70.3 cm³/mol. The molecule has 2 N–H and O–H groups in total. The number of amides is 2. The third-order valence-electron chi connectivity index (χ3n) is 3.13. The molecule has 0 bridgehead atoms. The van der Waals surface area contributed by atoms with Crippen LogP contribution in [0.4, 0.5) is 4.39 Å². The number of hydrogen-bond donors (Lipinski definition) is 2. The van der Waals surface area contributed by atoms with E-state index < -0.39 is 5.82 Å². The summed E-state index contributed by atoms with van der Waals surface area (Å²) in [7, 11) is 1.40. The highest BCUT2D eigenvalue weighted by atomic mass is 19.1. The Morgan fingerprint density at radius 3 is 2.70 bits per heavy atom. The van der Waals surface area contributed by atoms with Crippen LogP contribution in [0.15, 0.2) is 18.2 Å². The zero-order valence-electron chi connectivity index (χ0n) is 11.2. The molecule has 1 aromatic carbocycles. The number of nitrogens with one attached hydrogen (secondary N) is 2. The van der Waals surface area contributed by atoms with Crippen LogP contribution < -0.4 is 15.6 Å². The molecule has 5 nitrogen and oxygen atoms in total. The Morgan fingerprint density at radius 1 is 1.35 bits per heavy atom. The molecular weight excluding hydrogens is 263 g/mol. The summed E-state index contributed by atoms with van der Waals surface area (Å²) in [5.41, 5.74) is 5.43. The number of carbonyl (C=O) groups excluding carboxylic acids is 2. The Morgan fingerprint density at radius 2 is 2.10 bits per heavy atom. The fourth-order valence-electron chi connectivity index (χ4n) is 1.76. The van der Waals surface area contributed by atoms with Crippen molar-refractivity contribution in [2.45, 2.75) is 25.7 Å². The molecule has 6 heteroatoms. The molecule has 0 aromatic heterocycles. The topological polar surface area (TPSA) is 67.4 Å². The number of halogens is 1. The number of methoxy groups -OCH3 is 1. The van der Waals surface area contributed by atoms with E-state index in [0.29, 0.717) is 12.0 Å². The molecule has 108 valence electrons. The smallest absolute Gasteiger partial charge is 0.241 e. The normalized spacial score (nSPS) is 13.7. The van der Waals surface area contributed by atoms with E-state index in [-0.39, 0.29) is 29.9 Å². The van der Waals surface area contributed by atoms with Crippen molar-refractivity contribution in [3.8, 4) is 5.75 Å². The first-order valence-corrected chi connectivity index (χ1v) is 6.51. The molecule has 1 aliphatic rings. The van der Waals surface area contributed by atoms with E-state index in [9.17, 15) is 14.0 Å². The highest BCUT2D eigenvalue weighted by molar-refractivity contribution is 5.84. The molecule has 1 aromatic rings. The molecule has 0 saturated heterocycles. The lowest BCUT2D eigenvalue weighted by Crippen LogP contribution is -2.42. The average molecular weight is 280 g/mol. The van der Waals surface area contributed by atoms with E-state index in [2.05, 4.69) is 10.9 Å². The summed E-state index contributed by atoms with van der Waals surface area (Å²) in [6.07, 6.45) is 2.34. The van der Waals surface area contributed by atoms with Gasteiger partial charge in [-0.1, -0.05) is 6.07 Å². The molecule has 0 aliphatic heterocycles. The summed E-state index contributed by atoms with van der Waals surface area (Å²) < 4.78 is 18.3. The number of rotatable bonds is 5. The highest BCUT2D eigenvalue weighted by Gasteiger charge is 2.29. The first-order chi connectivity index (χ1) is 9.60. The van der Waals surface area contributed by atoms with Crippen LogP contribution in [0.1, 0.15) is 24.8 Å². The van der Waals surface area contributed by atoms with E-state index in [0.717, 1.165) is 12.8 Å². The quantitative estimate of drug-likeness (QED) is 0.799. The molecule has 0 atom stereocenters. The summed E-state index contributed by atoms with van der Waals surface area (Å²) in [6.45, 7) is 0. The third kappa shape index (κ3) is 3.94. The summed E-state index contributed by atoms with van der Waals surface area (Å²) in [6, 6.07) is 4.57. The standard InChI is InChI=1S/C14H17FN2O3/c1-20-12-6-2-9(8-11(12)15)3-7-13(18)16-17-14(19)10-4-5-10/h2,6,8,10H,3-5,7H2,1H3,(H,16,18)(H,17,19). The number of aryl methyl sites for hydroxylation is 1. The number of hydrazine groups is 1. The van der Waals surface area contributed by atoms with Crippen molar-refractivity contribution in [1.29, 1.82) is 0 Å². The molecule has 20 heavy (non-hydrogen) atoms. The van der Waals surface area contributed by atoms with E-state index in [1.54, 1.807) is 6.07 Å². The number of benzene rings is 1. The minimum atomic E-state index is -0.451. The number of hydrogen-bond acceptors (Lipinski definition) is 3. The fourth-order valence-corrected chi connectivity index (χ4v) is 1.76. The van der Waals surface area contributed by atoms with Gasteiger partial charge in [-0.15, -0.1) is 0 Å². The lowest BCUT2D eigenvalue weighted by atomic mass is 10.1. The number of carbonyl (C=O) groups is 2. The Balaban J connectivity index is 1.74. The van der Waals surface area contributed by atoms with Crippen molar-refractivity contribution in [1.82, 2.24) is 10.9 Å². The van der Waals surface area contributed by atoms with Crippen molar-refractivity contribution >= 4 is 11.8 Å². The molecule has 1 saturated carbocycles. The van der Waals surface area contributed by atoms with Gasteiger partial charge in [-0.05, 0) is 37.0 Å². The summed E-state index contributed by atoms with van der Waals surface area (Å²) in [4.78, 5) is 22.8. The van der Waals surface area contributed by atoms with Crippen LogP contribution in [0.25, 0.3) is 0 Å². The van der Waals surface area contributed by atoms with Gasteiger partial charge in [0.2, 0.25) is 11.8 Å². The van der Waals surface area contributed by atoms with Crippen molar-refractivity contribution in [2.24, 2.45) is 5.92 Å². The molecule has 0 heterocycles. The van der Waals surface area contributed by atoms with Crippen LogP contribution in [0.3, 0.4) is 0 Å². The van der Waals surface area contributed by atoms with Crippen molar-refractivity contribution in [2.75, 3.05) is 7.11 Å². The SMILES string of the molecule is COc1ccc(CCC(=O)NNC(=O)C2CC2)cc1F. The summed E-state index contributed by atoms with van der Waals surface area (Å²) in [5.74, 6) is -0.669. The first-order valence-electron chi connectivity index (χ1n) is 6.51. The zero-order valence-corrected chi connectivity index (χ0v) is 11.2. The van der Waals surface area contributed by atoms with Crippen LogP contribution in [0.5, 0.6) is 5.75 Å². The second-order valence-corrected chi connectivity index (χ2v) is 4.78. The Kier molecular flexibility index (Phi) is 4.55. The van der Waals surface area contributed by atoms with Gasteiger partial charge in [0.15, 0.2) is 11.6 Å². The van der Waals surface area contributed by atoms with Crippen LogP contribution in [-0.2, 0) is 16.0 Å². The van der Waals surface area contributed by atoms with E-state index in [4.69, 9.17) is 4.74 Å². The van der Waals surface area contributed by atoms with Gasteiger partial charge in [-0.25, -0.2) is 4.39 Å². The molecule has 2 amide bonds. The molecule has 0 unspecified atom stereocenters. The molecule has 2 rings (SSSR count). The van der Waals surface area contributed by atoms with Gasteiger partial charge in [0.05, 0.1) is 7.11 Å². The summed E-state index contributed by atoms with van der Waals surface area (Å²) >= 11 is 0. The largest absolute Gasteiger partial charge is 0.494 e. The number of ether oxygens (including phenoxy) is 1. The van der Waals surface area contributed by atoms with E-state index in [1.165, 1.54) is 19.2 Å². The van der Waals surface area contributed by atoms with Gasteiger partial charge in [0.25, 0.3) is 0 Å². The van der Waals surface area contributed by atoms with Gasteiger partial charge < -0.3 is 4.74 Å². The van der Waals surface area contributed by atoms with Gasteiger partial charge in [-0.3, -0.25) is 20.4 Å². The lowest BCUT2D eigenvalue weighted by molar-refractivity contribution is -0.129. The van der Waals surface area contributed by atoms with Crippen LogP contribution in [0.2, 0.25) is 0 Å². The minimum absolute atomic E-state index is 0.0472. The van der Waals surface area contributed by atoms with Gasteiger partial charge in [0.1, 0.15) is 0 Å². The van der Waals surface area contributed by atoms with Crippen LogP contribution in [-0.4, -0.2) is 18.9 Å². The molecular formula is C14H17FN2O3. The lowest BCUT2D eigenvalue weighted by Gasteiger charge is -2.07. The Bertz CT molecular complexity index is 515. The second-order valence-electron chi connectivity index (χ2n) is 4.78. The van der Waals surface area contributed by atoms with Crippen molar-refractivity contribution in [3.63, 3.8) is 0 Å². The third-order valence-corrected chi connectivity index (χ3v) is 3.13. The monoisotopic (exact) mass is 280 g/mol. The maximum atomic E-state index is 13.4. The van der Waals surface area contributed by atoms with Gasteiger partial charge in [-0.2, -0.15) is 0 Å². The second kappa shape index (κ2) is 6.36. The van der Waals surface area contributed by atoms with E-state index >= 15 is 0 Å². The van der Waals surface area contributed by atoms with Gasteiger partial charge >= 0.3 is 0 Å². The predicted octanol–water partition coefficient (Wildman–Crippen LogP) is 1.32. The first kappa shape index (κ1) is 14.3. The van der Waals surface area contributed by atoms with Crippen LogP contribution in [0, 0.1) is 11.7 Å².